The molecule has 214 valence electrons. The van der Waals surface area contributed by atoms with Gasteiger partial charge in [0.15, 0.2) is 0 Å². The fourth-order valence-corrected chi connectivity index (χ4v) is 6.44. The van der Waals surface area contributed by atoms with Gasteiger partial charge in [-0.05, 0) is 51.5 Å². The zero-order chi connectivity index (χ0) is 29.5. The van der Waals surface area contributed by atoms with Crippen molar-refractivity contribution in [3.8, 4) is 11.1 Å². The summed E-state index contributed by atoms with van der Waals surface area (Å²) in [6.07, 6.45) is -5.78. The van der Waals surface area contributed by atoms with E-state index in [9.17, 15) is 38.1 Å². The van der Waals surface area contributed by atoms with Crippen molar-refractivity contribution in [1.82, 2.24) is 8.87 Å². The molecule has 0 spiro atoms. The van der Waals surface area contributed by atoms with Crippen LogP contribution in [0.5, 0.6) is 0 Å². The van der Waals surface area contributed by atoms with Crippen LogP contribution in [0, 0.1) is 0 Å². The minimum absolute atomic E-state index is 0.0827. The number of alkyl halides is 3. The molecule has 3 aromatic carbocycles. The molecule has 0 fully saturated rings. The number of carboxylic acids is 1. The van der Waals surface area contributed by atoms with Crippen molar-refractivity contribution in [2.75, 3.05) is 25.4 Å². The Morgan fingerprint density at radius 1 is 1.10 bits per heavy atom. The molecular weight excluding hydrogens is 559 g/mol. The van der Waals surface area contributed by atoms with E-state index in [1.807, 2.05) is 42.5 Å². The number of aliphatic hydroxyl groups excluding tert-OH is 2. The van der Waals surface area contributed by atoms with Crippen molar-refractivity contribution in [3.05, 3.63) is 93.8 Å². The zero-order valence-corrected chi connectivity index (χ0v) is 22.3. The predicted molar refractivity (Wildman–Crippen MR) is 150 cm³/mol. The Bertz CT molecular complexity index is 1690. The largest absolute Gasteiger partial charge is 0.480 e. The number of anilines is 1. The Kier molecular flexibility index (Phi) is 7.84. The van der Waals surface area contributed by atoms with Crippen molar-refractivity contribution in [2.45, 2.75) is 29.8 Å². The van der Waals surface area contributed by atoms with E-state index in [0.29, 0.717) is 0 Å². The van der Waals surface area contributed by atoms with Gasteiger partial charge in [0.25, 0.3) is 5.56 Å². The lowest BCUT2D eigenvalue weighted by Gasteiger charge is -2.36. The van der Waals surface area contributed by atoms with Gasteiger partial charge in [-0.1, -0.05) is 54.6 Å². The summed E-state index contributed by atoms with van der Waals surface area (Å²) >= 11 is 0.933. The van der Waals surface area contributed by atoms with Gasteiger partial charge in [-0.15, -0.1) is 0 Å². The van der Waals surface area contributed by atoms with Crippen molar-refractivity contribution in [3.63, 3.8) is 0 Å². The molecule has 0 radical (unpaired) electrons. The fourth-order valence-electron chi connectivity index (χ4n) is 5.10. The molecule has 1 aromatic heterocycles. The molecule has 5 N–H and O–H groups in total. The number of hydrogen-bond acceptors (Lipinski definition) is 7. The summed E-state index contributed by atoms with van der Waals surface area (Å²) in [5, 5.41) is 31.4. The van der Waals surface area contributed by atoms with E-state index >= 15 is 0 Å². The number of nitrogens with two attached hydrogens (primary N) is 1. The van der Waals surface area contributed by atoms with Crippen LogP contribution < -0.4 is 11.3 Å². The van der Waals surface area contributed by atoms with Gasteiger partial charge in [0.2, 0.25) is 0 Å². The van der Waals surface area contributed by atoms with E-state index in [1.54, 1.807) is 0 Å². The van der Waals surface area contributed by atoms with Crippen LogP contribution in [0.25, 0.3) is 21.9 Å². The van der Waals surface area contributed by atoms with Crippen LogP contribution in [0.2, 0.25) is 0 Å². The average molecular weight is 586 g/mol. The summed E-state index contributed by atoms with van der Waals surface area (Å²) in [6.45, 7) is -0.950. The number of carboxylic acid groups (broad SMARTS) is 1. The van der Waals surface area contributed by atoms with Gasteiger partial charge in [0, 0.05) is 25.1 Å². The first-order valence-corrected chi connectivity index (χ1v) is 13.4. The molecule has 12 heteroatoms. The van der Waals surface area contributed by atoms with E-state index in [-0.39, 0.29) is 46.9 Å². The maximum absolute atomic E-state index is 13.8. The van der Waals surface area contributed by atoms with Crippen LogP contribution in [0.3, 0.4) is 0 Å². The molecule has 2 atom stereocenters. The van der Waals surface area contributed by atoms with Crippen LogP contribution in [0.1, 0.15) is 22.7 Å². The first kappa shape index (κ1) is 28.7. The predicted octanol–water partition coefficient (Wildman–Crippen LogP) is 4.16. The molecule has 5 rings (SSSR count). The summed E-state index contributed by atoms with van der Waals surface area (Å²) in [6, 6.07) is 16.2. The molecule has 1 aliphatic rings. The van der Waals surface area contributed by atoms with Gasteiger partial charge >= 0.3 is 12.1 Å². The van der Waals surface area contributed by atoms with Crippen LogP contribution in [-0.2, 0) is 17.4 Å². The Labute approximate surface area is 236 Å². The molecular formula is C29H26F3N3O5S. The highest BCUT2D eigenvalue weighted by molar-refractivity contribution is 7.97. The summed E-state index contributed by atoms with van der Waals surface area (Å²) in [7, 11) is 0. The maximum atomic E-state index is 13.8. The molecule has 0 saturated heterocycles. The minimum Gasteiger partial charge on any atom is -0.480 e. The van der Waals surface area contributed by atoms with E-state index in [4.69, 9.17) is 5.73 Å². The standard InChI is InChI=1S/C29H26F3N3O5S/c30-29(31,32)19-9-4-8-18(11-19)24-22(12-17-7-3-6-16-5-1-2-10-21(16)17)25(33)26(38)35-23(28(39)40)14-34(41-27(24)35)13-20(37)15-36/h1-11,20,23,36-37H,12-15,33H2,(H,39,40)/t20-,23?/m0/s1. The van der Waals surface area contributed by atoms with E-state index in [1.165, 1.54) is 16.4 Å². The number of pyridine rings is 1. The monoisotopic (exact) mass is 585 g/mol. The molecule has 0 bridgehead atoms. The molecule has 0 amide bonds. The van der Waals surface area contributed by atoms with Gasteiger partial charge in [-0.25, -0.2) is 9.10 Å². The highest BCUT2D eigenvalue weighted by Crippen LogP contribution is 2.44. The number of nitrogens with zero attached hydrogens (tertiary/aromatic N) is 2. The number of benzene rings is 3. The number of carbonyl (C=O) groups is 1. The number of nitrogen functional groups attached to an aromatic ring is 1. The Hall–Kier alpha value is -3.84. The topological polar surface area (TPSA) is 129 Å². The molecule has 4 aromatic rings. The molecule has 8 nitrogen and oxygen atoms in total. The molecule has 2 heterocycles. The summed E-state index contributed by atoms with van der Waals surface area (Å²) in [4.78, 5) is 26.0. The lowest BCUT2D eigenvalue weighted by molar-refractivity contribution is -0.141. The second-order valence-corrected chi connectivity index (χ2v) is 10.9. The zero-order valence-electron chi connectivity index (χ0n) is 21.5. The van der Waals surface area contributed by atoms with Gasteiger partial charge in [0.1, 0.15) is 16.8 Å². The highest BCUT2D eigenvalue weighted by Gasteiger charge is 2.37. The Morgan fingerprint density at radius 3 is 2.51 bits per heavy atom. The van der Waals surface area contributed by atoms with E-state index < -0.39 is 42.0 Å². The lowest BCUT2D eigenvalue weighted by atomic mass is 9.92. The summed E-state index contributed by atoms with van der Waals surface area (Å²) in [5.41, 5.74) is 5.80. The smallest absolute Gasteiger partial charge is 0.416 e. The number of fused-ring (bicyclic) bond motifs is 2. The molecule has 0 aliphatic carbocycles. The first-order valence-electron chi connectivity index (χ1n) is 12.6. The molecule has 0 saturated carbocycles. The van der Waals surface area contributed by atoms with Gasteiger partial charge in [-0.2, -0.15) is 13.2 Å². The lowest BCUT2D eigenvalue weighted by Crippen LogP contribution is -2.45. The molecule has 1 unspecified atom stereocenters. The second-order valence-electron chi connectivity index (χ2n) is 9.77. The Balaban J connectivity index is 1.81. The van der Waals surface area contributed by atoms with Crippen molar-refractivity contribution >= 4 is 34.4 Å². The SMILES string of the molecule is Nc1c(Cc2cccc3ccccc23)c(-c2cccc(C(F)(F)F)c2)c2n(c1=O)C(C(=O)O)CN(C[C@H](O)CO)S2. The number of aliphatic carboxylic acids is 1. The van der Waals surface area contributed by atoms with Crippen molar-refractivity contribution in [2.24, 2.45) is 0 Å². The van der Waals surface area contributed by atoms with Crippen molar-refractivity contribution < 1.29 is 33.3 Å². The van der Waals surface area contributed by atoms with E-state index in [0.717, 1.165) is 45.0 Å². The second kappa shape index (κ2) is 11.2. The number of hydrogen-bond donors (Lipinski definition) is 4. The third-order valence-corrected chi connectivity index (χ3v) is 8.18. The number of halogens is 3. The number of aromatic nitrogens is 1. The third kappa shape index (κ3) is 5.55. The molecule has 41 heavy (non-hydrogen) atoms. The summed E-state index contributed by atoms with van der Waals surface area (Å²) in [5.74, 6) is -1.35. The number of aliphatic hydroxyl groups is 2. The van der Waals surface area contributed by atoms with Crippen LogP contribution in [0.4, 0.5) is 18.9 Å². The van der Waals surface area contributed by atoms with Crippen LogP contribution in [-0.4, -0.2) is 56.0 Å². The van der Waals surface area contributed by atoms with Crippen LogP contribution >= 0.6 is 11.9 Å². The van der Waals surface area contributed by atoms with E-state index in [2.05, 4.69) is 0 Å². The average Bonchev–Trinajstić information content (AvgIpc) is 2.95. The third-order valence-electron chi connectivity index (χ3n) is 7.05. The van der Waals surface area contributed by atoms with Crippen molar-refractivity contribution in [1.29, 1.82) is 0 Å². The quantitative estimate of drug-likeness (QED) is 0.238. The number of rotatable bonds is 7. The minimum atomic E-state index is -4.66. The van der Waals surface area contributed by atoms with Gasteiger partial charge in [-0.3, -0.25) is 9.36 Å². The highest BCUT2D eigenvalue weighted by atomic mass is 32.2. The van der Waals surface area contributed by atoms with Gasteiger partial charge < -0.3 is 21.1 Å². The fraction of sp³-hybridized carbons (Fsp3) is 0.241. The maximum Gasteiger partial charge on any atom is 0.416 e. The molecule has 1 aliphatic heterocycles. The first-order chi connectivity index (χ1) is 19.5. The number of β-amino-alcohol motifs (C(OH)–C–C–N with tert-alkyl or cyclic N) is 1. The normalized spacial score (nSPS) is 16.5. The summed E-state index contributed by atoms with van der Waals surface area (Å²) < 4.78 is 43.8. The van der Waals surface area contributed by atoms with Crippen LogP contribution in [0.15, 0.2) is 76.6 Å². The Morgan fingerprint density at radius 2 is 1.80 bits per heavy atom. The van der Waals surface area contributed by atoms with Gasteiger partial charge in [0.05, 0.1) is 18.3 Å².